The molecule has 0 aromatic heterocycles. The molecule has 1 aromatic carbocycles. The van der Waals surface area contributed by atoms with Crippen molar-refractivity contribution in [2.45, 2.75) is 18.9 Å². The summed E-state index contributed by atoms with van der Waals surface area (Å²) in [7, 11) is 0. The molecule has 128 valence electrons. The summed E-state index contributed by atoms with van der Waals surface area (Å²) >= 11 is 0. The van der Waals surface area contributed by atoms with Crippen molar-refractivity contribution in [2.24, 2.45) is 5.73 Å². The Balaban J connectivity index is 1.70. The lowest BCUT2D eigenvalue weighted by molar-refractivity contribution is -0.104. The number of phenolic OH excluding ortho intramolecular Hbond substituents is 1. The van der Waals surface area contributed by atoms with Crippen LogP contribution in [0.15, 0.2) is 41.6 Å². The molecule has 0 bridgehead atoms. The van der Waals surface area contributed by atoms with E-state index in [1.165, 1.54) is 0 Å². The number of benzene rings is 1. The van der Waals surface area contributed by atoms with Crippen LogP contribution in [0.4, 0.5) is 11.4 Å². The van der Waals surface area contributed by atoms with E-state index in [0.29, 0.717) is 17.0 Å². The molecule has 1 saturated heterocycles. The lowest BCUT2D eigenvalue weighted by Crippen LogP contribution is -2.55. The molecular formula is C18H24N4O2. The SMILES string of the molecule is CC1(N2CCN(c3ccc(N)c(O)c3)CC2)C=C(C=O)C(N)=CC1. The van der Waals surface area contributed by atoms with Gasteiger partial charge in [-0.25, -0.2) is 0 Å². The highest BCUT2D eigenvalue weighted by atomic mass is 16.3. The van der Waals surface area contributed by atoms with E-state index < -0.39 is 0 Å². The first-order chi connectivity index (χ1) is 11.4. The molecule has 24 heavy (non-hydrogen) atoms. The third-order valence-corrected chi connectivity index (χ3v) is 5.04. The first kappa shape index (κ1) is 16.4. The van der Waals surface area contributed by atoms with Gasteiger partial charge in [0.1, 0.15) is 5.75 Å². The molecule has 1 atom stereocenters. The lowest BCUT2D eigenvalue weighted by atomic mass is 9.86. The summed E-state index contributed by atoms with van der Waals surface area (Å²) in [5.41, 5.74) is 13.9. The molecule has 5 N–H and O–H groups in total. The van der Waals surface area contributed by atoms with Crippen molar-refractivity contribution >= 4 is 17.7 Å². The van der Waals surface area contributed by atoms with Gasteiger partial charge in [-0.05, 0) is 25.5 Å². The molecule has 3 rings (SSSR count). The van der Waals surface area contributed by atoms with Crippen molar-refractivity contribution in [3.63, 3.8) is 0 Å². The standard InChI is InChI=1S/C18H24N4O2/c1-18(5-4-15(19)13(11-18)12-23)22-8-6-21(7-9-22)14-2-3-16(20)17(24)10-14/h2-4,10-12,24H,5-9,19-20H2,1H3. The van der Waals surface area contributed by atoms with Crippen LogP contribution in [-0.2, 0) is 4.79 Å². The zero-order valence-corrected chi connectivity index (χ0v) is 13.9. The minimum atomic E-state index is -0.186. The van der Waals surface area contributed by atoms with Gasteiger partial charge in [0.15, 0.2) is 6.29 Å². The smallest absolute Gasteiger partial charge is 0.151 e. The molecule has 6 nitrogen and oxygen atoms in total. The number of hydrogen-bond donors (Lipinski definition) is 3. The second-order valence-electron chi connectivity index (χ2n) is 6.66. The van der Waals surface area contributed by atoms with E-state index in [-0.39, 0.29) is 11.3 Å². The van der Waals surface area contributed by atoms with Crippen molar-refractivity contribution in [1.29, 1.82) is 0 Å². The van der Waals surface area contributed by atoms with Crippen LogP contribution >= 0.6 is 0 Å². The molecule has 0 amide bonds. The number of aromatic hydroxyl groups is 1. The van der Waals surface area contributed by atoms with Gasteiger partial charge in [0, 0.05) is 54.7 Å². The quantitative estimate of drug-likeness (QED) is 0.439. The van der Waals surface area contributed by atoms with E-state index in [9.17, 15) is 9.90 Å². The molecule has 2 aliphatic rings. The van der Waals surface area contributed by atoms with Crippen LogP contribution in [0.25, 0.3) is 0 Å². The Morgan fingerprint density at radius 2 is 1.92 bits per heavy atom. The molecule has 1 aliphatic carbocycles. The second-order valence-corrected chi connectivity index (χ2v) is 6.66. The predicted octanol–water partition coefficient (Wildman–Crippen LogP) is 1.23. The fourth-order valence-electron chi connectivity index (χ4n) is 3.44. The lowest BCUT2D eigenvalue weighted by Gasteiger charge is -2.46. The average Bonchev–Trinajstić information content (AvgIpc) is 2.60. The molecule has 0 spiro atoms. The number of carbonyl (C=O) groups excluding carboxylic acids is 1. The minimum absolute atomic E-state index is 0.119. The zero-order chi connectivity index (χ0) is 17.3. The zero-order valence-electron chi connectivity index (χ0n) is 13.9. The van der Waals surface area contributed by atoms with Crippen molar-refractivity contribution in [3.8, 4) is 5.75 Å². The van der Waals surface area contributed by atoms with Crippen LogP contribution < -0.4 is 16.4 Å². The Morgan fingerprint density at radius 1 is 1.21 bits per heavy atom. The van der Waals surface area contributed by atoms with Crippen molar-refractivity contribution < 1.29 is 9.90 Å². The fraction of sp³-hybridized carbons (Fsp3) is 0.389. The summed E-state index contributed by atoms with van der Waals surface area (Å²) in [6, 6.07) is 5.37. The van der Waals surface area contributed by atoms with Gasteiger partial charge in [0.25, 0.3) is 0 Å². The maximum atomic E-state index is 11.2. The third-order valence-electron chi connectivity index (χ3n) is 5.04. The molecule has 6 heteroatoms. The topological polar surface area (TPSA) is 95.8 Å². The number of allylic oxidation sites excluding steroid dienone is 1. The molecule has 0 radical (unpaired) electrons. The number of nitrogens with zero attached hydrogens (tertiary/aromatic N) is 2. The Morgan fingerprint density at radius 3 is 2.54 bits per heavy atom. The first-order valence-corrected chi connectivity index (χ1v) is 8.15. The Labute approximate surface area is 142 Å². The van der Waals surface area contributed by atoms with Crippen LogP contribution in [0, 0.1) is 0 Å². The number of hydrogen-bond acceptors (Lipinski definition) is 6. The normalized spacial score (nSPS) is 25.1. The maximum absolute atomic E-state index is 11.2. The molecule has 1 unspecified atom stereocenters. The second kappa shape index (κ2) is 6.20. The van der Waals surface area contributed by atoms with Crippen LogP contribution in [0.5, 0.6) is 5.75 Å². The van der Waals surface area contributed by atoms with Crippen molar-refractivity contribution in [3.05, 3.63) is 41.6 Å². The summed E-state index contributed by atoms with van der Waals surface area (Å²) in [4.78, 5) is 15.8. The van der Waals surface area contributed by atoms with E-state index >= 15 is 0 Å². The number of anilines is 2. The average molecular weight is 328 g/mol. The van der Waals surface area contributed by atoms with Crippen molar-refractivity contribution in [2.75, 3.05) is 36.8 Å². The number of rotatable bonds is 3. The Kier molecular flexibility index (Phi) is 4.24. The number of aldehydes is 1. The highest BCUT2D eigenvalue weighted by molar-refractivity contribution is 5.80. The number of nitrogen functional groups attached to an aromatic ring is 1. The monoisotopic (exact) mass is 328 g/mol. The number of phenols is 1. The van der Waals surface area contributed by atoms with Crippen molar-refractivity contribution in [1.82, 2.24) is 4.90 Å². The molecule has 1 heterocycles. The van der Waals surface area contributed by atoms with E-state index in [4.69, 9.17) is 11.5 Å². The molecule has 0 saturated carbocycles. The summed E-state index contributed by atoms with van der Waals surface area (Å²) < 4.78 is 0. The molecule has 1 fully saturated rings. The van der Waals surface area contributed by atoms with Gasteiger partial charge in [-0.2, -0.15) is 0 Å². The largest absolute Gasteiger partial charge is 0.506 e. The van der Waals surface area contributed by atoms with Gasteiger partial charge in [0.2, 0.25) is 0 Å². The maximum Gasteiger partial charge on any atom is 0.151 e. The van der Waals surface area contributed by atoms with E-state index in [1.54, 1.807) is 12.1 Å². The van der Waals surface area contributed by atoms with E-state index in [0.717, 1.165) is 44.6 Å². The summed E-state index contributed by atoms with van der Waals surface area (Å²) in [5.74, 6) is 0.119. The fourth-order valence-corrected chi connectivity index (χ4v) is 3.44. The van der Waals surface area contributed by atoms with Crippen LogP contribution in [-0.4, -0.2) is 48.0 Å². The van der Waals surface area contributed by atoms with Crippen LogP contribution in [0.3, 0.4) is 0 Å². The first-order valence-electron chi connectivity index (χ1n) is 8.15. The van der Waals surface area contributed by atoms with Gasteiger partial charge in [0.05, 0.1) is 5.69 Å². The van der Waals surface area contributed by atoms with E-state index in [2.05, 4.69) is 16.7 Å². The third kappa shape index (κ3) is 2.97. The minimum Gasteiger partial charge on any atom is -0.506 e. The molecular weight excluding hydrogens is 304 g/mol. The molecule has 1 aliphatic heterocycles. The summed E-state index contributed by atoms with van der Waals surface area (Å²) in [6.07, 6.45) is 5.56. The van der Waals surface area contributed by atoms with Gasteiger partial charge in [-0.3, -0.25) is 9.69 Å². The van der Waals surface area contributed by atoms with Gasteiger partial charge >= 0.3 is 0 Å². The predicted molar refractivity (Wildman–Crippen MR) is 95.7 cm³/mol. The number of carbonyl (C=O) groups is 1. The number of nitrogens with two attached hydrogens (primary N) is 2. The van der Waals surface area contributed by atoms with Crippen LogP contribution in [0.1, 0.15) is 13.3 Å². The highest BCUT2D eigenvalue weighted by Crippen LogP contribution is 2.32. The number of piperazine rings is 1. The van der Waals surface area contributed by atoms with Gasteiger partial charge in [-0.1, -0.05) is 12.2 Å². The van der Waals surface area contributed by atoms with Gasteiger partial charge in [-0.15, -0.1) is 0 Å². The van der Waals surface area contributed by atoms with Crippen LogP contribution in [0.2, 0.25) is 0 Å². The summed E-state index contributed by atoms with van der Waals surface area (Å²) in [6.45, 7) is 5.59. The molecule has 1 aromatic rings. The summed E-state index contributed by atoms with van der Waals surface area (Å²) in [5, 5.41) is 9.79. The highest BCUT2D eigenvalue weighted by Gasteiger charge is 2.34. The van der Waals surface area contributed by atoms with Gasteiger partial charge < -0.3 is 21.5 Å². The Bertz CT molecular complexity index is 705. The Hall–Kier alpha value is -2.47. The van der Waals surface area contributed by atoms with E-state index in [1.807, 2.05) is 18.2 Å².